The quantitative estimate of drug-likeness (QED) is 0.356. The van der Waals surface area contributed by atoms with Crippen molar-refractivity contribution in [1.82, 2.24) is 20.0 Å². The summed E-state index contributed by atoms with van der Waals surface area (Å²) in [5.41, 5.74) is 6.44. The van der Waals surface area contributed by atoms with Crippen LogP contribution >= 0.6 is 12.6 Å². The lowest BCUT2D eigenvalue weighted by atomic mass is 9.95. The van der Waals surface area contributed by atoms with E-state index in [1.54, 1.807) is 0 Å². The standard InChI is InChI=1S/C32H36N4O2S/c1-22-19-35(30(23-9-4-2-5-10-23)24-11-6-3-7-12-24)18-17-34(22)20-25-13-8-14-26-27(25)21-36(32(26)39)28-15-16-29(37)33-31(28)38/h2-14,22,28,30,32,39H,15-21H2,1H3,(H,33,37,38)/t22-,28?,32?/m1/s1. The fourth-order valence-electron chi connectivity index (χ4n) is 6.56. The average Bonchev–Trinajstić information content (AvgIpc) is 3.28. The van der Waals surface area contributed by atoms with E-state index in [1.165, 1.54) is 27.8 Å². The van der Waals surface area contributed by atoms with Crippen LogP contribution in [-0.4, -0.2) is 58.2 Å². The first-order valence-corrected chi connectivity index (χ1v) is 14.5. The molecule has 0 saturated carbocycles. The number of carbonyl (C=O) groups is 2. The van der Waals surface area contributed by atoms with E-state index < -0.39 is 0 Å². The predicted molar refractivity (Wildman–Crippen MR) is 156 cm³/mol. The molecule has 2 amide bonds. The molecule has 0 spiro atoms. The summed E-state index contributed by atoms with van der Waals surface area (Å²) in [6, 6.07) is 28.5. The first-order chi connectivity index (χ1) is 19.0. The van der Waals surface area contributed by atoms with E-state index in [0.717, 1.165) is 26.2 Å². The Morgan fingerprint density at radius 3 is 2.26 bits per heavy atom. The van der Waals surface area contributed by atoms with Gasteiger partial charge in [-0.25, -0.2) is 0 Å². The highest BCUT2D eigenvalue weighted by Gasteiger charge is 2.40. The number of nitrogens with one attached hydrogen (secondary N) is 1. The normalized spacial score (nSPS) is 24.6. The van der Waals surface area contributed by atoms with E-state index in [9.17, 15) is 9.59 Å². The van der Waals surface area contributed by atoms with Gasteiger partial charge in [-0.05, 0) is 41.2 Å². The van der Waals surface area contributed by atoms with Gasteiger partial charge in [-0.15, -0.1) is 0 Å². The zero-order valence-corrected chi connectivity index (χ0v) is 23.3. The van der Waals surface area contributed by atoms with Crippen molar-refractivity contribution >= 4 is 24.4 Å². The third kappa shape index (κ3) is 5.29. The third-order valence-electron chi connectivity index (χ3n) is 8.62. The van der Waals surface area contributed by atoms with Gasteiger partial charge in [-0.3, -0.25) is 29.6 Å². The van der Waals surface area contributed by atoms with E-state index in [2.05, 4.69) is 106 Å². The van der Waals surface area contributed by atoms with Crippen LogP contribution < -0.4 is 5.32 Å². The van der Waals surface area contributed by atoms with Crippen molar-refractivity contribution in [3.05, 3.63) is 107 Å². The van der Waals surface area contributed by atoms with Gasteiger partial charge >= 0.3 is 0 Å². The third-order valence-corrected chi connectivity index (χ3v) is 9.19. The summed E-state index contributed by atoms with van der Waals surface area (Å²) in [5, 5.41) is 2.37. The number of piperidine rings is 1. The summed E-state index contributed by atoms with van der Waals surface area (Å²) in [5.74, 6) is -0.380. The number of nitrogens with zero attached hydrogens (tertiary/aromatic N) is 3. The summed E-state index contributed by atoms with van der Waals surface area (Å²) in [7, 11) is 0. The van der Waals surface area contributed by atoms with Crippen LogP contribution in [0.4, 0.5) is 0 Å². The Bertz CT molecular complexity index is 1300. The van der Waals surface area contributed by atoms with E-state index in [4.69, 9.17) is 12.6 Å². The smallest absolute Gasteiger partial charge is 0.243 e. The highest BCUT2D eigenvalue weighted by molar-refractivity contribution is 7.80. The lowest BCUT2D eigenvalue weighted by molar-refractivity contribution is -0.137. The van der Waals surface area contributed by atoms with E-state index >= 15 is 0 Å². The van der Waals surface area contributed by atoms with Gasteiger partial charge in [0.15, 0.2) is 0 Å². The second-order valence-corrected chi connectivity index (χ2v) is 11.5. The molecule has 2 unspecified atom stereocenters. The Kier molecular flexibility index (Phi) is 7.58. The lowest BCUT2D eigenvalue weighted by Gasteiger charge is -2.44. The van der Waals surface area contributed by atoms with E-state index in [0.29, 0.717) is 25.4 Å². The Morgan fingerprint density at radius 1 is 0.923 bits per heavy atom. The minimum Gasteiger partial charge on any atom is -0.295 e. The zero-order valence-electron chi connectivity index (χ0n) is 22.4. The monoisotopic (exact) mass is 540 g/mol. The minimum atomic E-state index is -0.319. The number of benzene rings is 3. The Labute approximate surface area is 236 Å². The van der Waals surface area contributed by atoms with Crippen molar-refractivity contribution in [1.29, 1.82) is 0 Å². The number of hydrogen-bond donors (Lipinski definition) is 2. The largest absolute Gasteiger partial charge is 0.295 e. The molecule has 6 nitrogen and oxygen atoms in total. The highest BCUT2D eigenvalue weighted by Crippen LogP contribution is 2.41. The maximum atomic E-state index is 12.6. The molecule has 2 saturated heterocycles. The fraction of sp³-hybridized carbons (Fsp3) is 0.375. The van der Waals surface area contributed by atoms with Crippen LogP contribution in [0.25, 0.3) is 0 Å². The summed E-state index contributed by atoms with van der Waals surface area (Å²) < 4.78 is 0. The molecule has 3 aromatic carbocycles. The maximum Gasteiger partial charge on any atom is 0.243 e. The number of amides is 2. The Morgan fingerprint density at radius 2 is 1.62 bits per heavy atom. The van der Waals surface area contributed by atoms with Crippen LogP contribution in [0.1, 0.15) is 59.0 Å². The molecule has 0 radical (unpaired) electrons. The molecular formula is C32H36N4O2S. The number of fused-ring (bicyclic) bond motifs is 1. The van der Waals surface area contributed by atoms with Gasteiger partial charge in [0.05, 0.1) is 17.5 Å². The molecule has 3 aliphatic rings. The number of rotatable bonds is 6. The van der Waals surface area contributed by atoms with Gasteiger partial charge < -0.3 is 0 Å². The first-order valence-electron chi connectivity index (χ1n) is 14.0. The van der Waals surface area contributed by atoms with Gasteiger partial charge in [0.1, 0.15) is 0 Å². The molecular weight excluding hydrogens is 504 g/mol. The Hall–Kier alpha value is -2.97. The van der Waals surface area contributed by atoms with Gasteiger partial charge in [-0.2, -0.15) is 12.6 Å². The lowest BCUT2D eigenvalue weighted by Crippen LogP contribution is -2.52. The number of piperazine rings is 1. The highest BCUT2D eigenvalue weighted by atomic mass is 32.1. The number of hydrogen-bond acceptors (Lipinski definition) is 6. The van der Waals surface area contributed by atoms with Crippen molar-refractivity contribution < 1.29 is 9.59 Å². The summed E-state index contributed by atoms with van der Waals surface area (Å²) in [4.78, 5) is 31.6. The van der Waals surface area contributed by atoms with Gasteiger partial charge in [0.25, 0.3) is 0 Å². The molecule has 0 bridgehead atoms. The van der Waals surface area contributed by atoms with Crippen molar-refractivity contribution in [2.45, 2.75) is 56.4 Å². The fourth-order valence-corrected chi connectivity index (χ4v) is 7.05. The number of thiol groups is 1. The molecule has 202 valence electrons. The van der Waals surface area contributed by atoms with Crippen LogP contribution in [0.5, 0.6) is 0 Å². The maximum absolute atomic E-state index is 12.6. The SMILES string of the molecule is C[C@@H]1CN(C(c2ccccc2)c2ccccc2)CCN1Cc1cccc2c1CN(C1CCC(=O)NC1=O)C2S. The topological polar surface area (TPSA) is 55.9 Å². The second kappa shape index (κ2) is 11.3. The van der Waals surface area contributed by atoms with Crippen molar-refractivity contribution in [2.24, 2.45) is 0 Å². The van der Waals surface area contributed by atoms with E-state index in [-0.39, 0.29) is 29.3 Å². The summed E-state index contributed by atoms with van der Waals surface area (Å²) >= 11 is 4.92. The van der Waals surface area contributed by atoms with Gasteiger partial charge in [0, 0.05) is 45.2 Å². The molecule has 3 heterocycles. The average molecular weight is 541 g/mol. The molecule has 6 rings (SSSR count). The molecule has 2 fully saturated rings. The van der Waals surface area contributed by atoms with Gasteiger partial charge in [-0.1, -0.05) is 78.9 Å². The molecule has 1 N–H and O–H groups in total. The molecule has 3 atom stereocenters. The van der Waals surface area contributed by atoms with Crippen LogP contribution in [0.15, 0.2) is 78.9 Å². The summed E-state index contributed by atoms with van der Waals surface area (Å²) in [6.45, 7) is 6.86. The Balaban J connectivity index is 1.18. The molecule has 39 heavy (non-hydrogen) atoms. The predicted octanol–water partition coefficient (Wildman–Crippen LogP) is 4.53. The molecule has 7 heteroatoms. The van der Waals surface area contributed by atoms with Crippen molar-refractivity contribution in [2.75, 3.05) is 19.6 Å². The van der Waals surface area contributed by atoms with E-state index in [1.807, 2.05) is 0 Å². The van der Waals surface area contributed by atoms with Crippen LogP contribution in [0.3, 0.4) is 0 Å². The summed E-state index contributed by atoms with van der Waals surface area (Å²) in [6.07, 6.45) is 0.930. The number of imide groups is 1. The van der Waals surface area contributed by atoms with Crippen molar-refractivity contribution in [3.63, 3.8) is 0 Å². The van der Waals surface area contributed by atoms with Crippen LogP contribution in [0, 0.1) is 0 Å². The first kappa shape index (κ1) is 26.3. The van der Waals surface area contributed by atoms with Crippen LogP contribution in [0.2, 0.25) is 0 Å². The molecule has 0 aromatic heterocycles. The number of carbonyl (C=O) groups excluding carboxylic acids is 2. The molecule has 3 aliphatic heterocycles. The molecule has 0 aliphatic carbocycles. The van der Waals surface area contributed by atoms with Gasteiger partial charge in [0.2, 0.25) is 11.8 Å². The van der Waals surface area contributed by atoms with Crippen LogP contribution in [-0.2, 0) is 22.7 Å². The van der Waals surface area contributed by atoms with Crippen molar-refractivity contribution in [3.8, 4) is 0 Å². The zero-order chi connectivity index (χ0) is 26.9. The second-order valence-electron chi connectivity index (χ2n) is 11.0. The minimum absolute atomic E-state index is 0.143. The molecule has 3 aromatic rings.